The average Bonchev–Trinajstić information content (AvgIpc) is 2.90. The van der Waals surface area contributed by atoms with Gasteiger partial charge in [-0.3, -0.25) is 13.9 Å². The van der Waals surface area contributed by atoms with E-state index in [-0.39, 0.29) is 29.1 Å². The summed E-state index contributed by atoms with van der Waals surface area (Å²) in [6, 6.07) is 21.3. The van der Waals surface area contributed by atoms with E-state index in [0.717, 1.165) is 15.4 Å². The van der Waals surface area contributed by atoms with Gasteiger partial charge in [-0.1, -0.05) is 54.1 Å². The summed E-state index contributed by atoms with van der Waals surface area (Å²) in [4.78, 5) is 28.2. The highest BCUT2D eigenvalue weighted by Crippen LogP contribution is 2.27. The number of hydrogen-bond acceptors (Lipinski definition) is 5. The maximum Gasteiger partial charge on any atom is 0.264 e. The van der Waals surface area contributed by atoms with Crippen molar-refractivity contribution in [3.05, 3.63) is 90.0 Å². The maximum absolute atomic E-state index is 13.9. The number of anilines is 1. The van der Waals surface area contributed by atoms with Crippen LogP contribution in [0.5, 0.6) is 5.75 Å². The zero-order chi connectivity index (χ0) is 27.9. The number of aryl methyl sites for hydroxylation is 1. The van der Waals surface area contributed by atoms with Crippen molar-refractivity contribution in [3.8, 4) is 5.75 Å². The molecule has 0 bridgehead atoms. The summed E-state index contributed by atoms with van der Waals surface area (Å²) in [5.41, 5.74) is 2.00. The molecule has 0 fully saturated rings. The third-order valence-electron chi connectivity index (χ3n) is 6.02. The molecule has 0 aromatic heterocycles. The summed E-state index contributed by atoms with van der Waals surface area (Å²) < 4.78 is 34.1. The predicted octanol–water partition coefficient (Wildman–Crippen LogP) is 4.14. The second-order valence-corrected chi connectivity index (χ2v) is 11.2. The molecule has 3 rings (SSSR count). The van der Waals surface area contributed by atoms with Gasteiger partial charge in [-0.2, -0.15) is 0 Å². The zero-order valence-electron chi connectivity index (χ0n) is 22.4. The number of hydrogen-bond donors (Lipinski definition) is 1. The Morgan fingerprint density at radius 2 is 1.58 bits per heavy atom. The molecular weight excluding hydrogens is 502 g/mol. The van der Waals surface area contributed by atoms with Gasteiger partial charge < -0.3 is 15.0 Å². The highest BCUT2D eigenvalue weighted by atomic mass is 32.2. The molecule has 1 atom stereocenters. The Hall–Kier alpha value is -3.85. The molecule has 38 heavy (non-hydrogen) atoms. The number of carbonyl (C=O) groups excluding carboxylic acids is 2. The number of sulfonamides is 1. The van der Waals surface area contributed by atoms with Crippen LogP contribution in [0, 0.1) is 6.92 Å². The van der Waals surface area contributed by atoms with Crippen LogP contribution in [0.15, 0.2) is 83.8 Å². The van der Waals surface area contributed by atoms with Crippen molar-refractivity contribution < 1.29 is 22.7 Å². The molecule has 0 heterocycles. The number of rotatable bonds is 11. The van der Waals surface area contributed by atoms with Gasteiger partial charge in [0.1, 0.15) is 18.3 Å². The molecule has 0 radical (unpaired) electrons. The molecule has 0 unspecified atom stereocenters. The summed E-state index contributed by atoms with van der Waals surface area (Å²) in [7, 11) is -2.65. The lowest BCUT2D eigenvalue weighted by molar-refractivity contribution is -0.139. The highest BCUT2D eigenvalue weighted by molar-refractivity contribution is 7.92. The van der Waals surface area contributed by atoms with E-state index in [1.807, 2.05) is 51.1 Å². The Balaban J connectivity index is 2.04. The van der Waals surface area contributed by atoms with Gasteiger partial charge in [-0.15, -0.1) is 0 Å². The van der Waals surface area contributed by atoms with Crippen molar-refractivity contribution in [3.63, 3.8) is 0 Å². The third-order valence-corrected chi connectivity index (χ3v) is 7.81. The molecule has 0 aliphatic carbocycles. The molecule has 0 spiro atoms. The van der Waals surface area contributed by atoms with Gasteiger partial charge in [-0.05, 0) is 57.5 Å². The van der Waals surface area contributed by atoms with Gasteiger partial charge in [0.2, 0.25) is 11.8 Å². The quantitative estimate of drug-likeness (QED) is 0.397. The minimum absolute atomic E-state index is 0.0546. The molecular formula is C29H35N3O5S. The number of benzene rings is 3. The van der Waals surface area contributed by atoms with Gasteiger partial charge >= 0.3 is 0 Å². The Morgan fingerprint density at radius 3 is 2.18 bits per heavy atom. The second-order valence-electron chi connectivity index (χ2n) is 9.37. The Morgan fingerprint density at radius 1 is 0.921 bits per heavy atom. The Kier molecular flexibility index (Phi) is 9.52. The lowest BCUT2D eigenvalue weighted by Gasteiger charge is -2.32. The summed E-state index contributed by atoms with van der Waals surface area (Å²) in [5, 5.41) is 2.84. The summed E-state index contributed by atoms with van der Waals surface area (Å²) in [5.74, 6) is -0.387. The van der Waals surface area contributed by atoms with Crippen LogP contribution in [0.3, 0.4) is 0 Å². The van der Waals surface area contributed by atoms with E-state index in [4.69, 9.17) is 4.74 Å². The second kappa shape index (κ2) is 12.6. The molecule has 202 valence electrons. The summed E-state index contributed by atoms with van der Waals surface area (Å²) in [6.45, 7) is 6.82. The fourth-order valence-corrected chi connectivity index (χ4v) is 5.31. The van der Waals surface area contributed by atoms with Crippen molar-refractivity contribution in [2.75, 3.05) is 18.0 Å². The van der Waals surface area contributed by atoms with Crippen LogP contribution in [0.4, 0.5) is 5.69 Å². The fourth-order valence-electron chi connectivity index (χ4n) is 3.90. The first kappa shape index (κ1) is 28.7. The smallest absolute Gasteiger partial charge is 0.264 e. The molecule has 3 aromatic rings. The van der Waals surface area contributed by atoms with Gasteiger partial charge in [0, 0.05) is 18.7 Å². The first-order valence-electron chi connectivity index (χ1n) is 12.4. The number of nitrogens with zero attached hydrogens (tertiary/aromatic N) is 2. The number of amides is 2. The number of carbonyl (C=O) groups is 2. The lowest BCUT2D eigenvalue weighted by atomic mass is 10.1. The van der Waals surface area contributed by atoms with Crippen molar-refractivity contribution in [1.82, 2.24) is 10.2 Å². The van der Waals surface area contributed by atoms with Crippen molar-refractivity contribution in [2.45, 2.75) is 51.2 Å². The van der Waals surface area contributed by atoms with E-state index in [2.05, 4.69) is 5.32 Å². The predicted molar refractivity (Wildman–Crippen MR) is 148 cm³/mol. The topological polar surface area (TPSA) is 96.0 Å². The Bertz CT molecular complexity index is 1340. The van der Waals surface area contributed by atoms with Crippen LogP contribution in [0.2, 0.25) is 0 Å². The SMILES string of the molecule is COc1cccc(N(CC(=O)N(Cc2ccccc2)[C@@H](C)C(=O)NC(C)C)S(=O)(=O)c2ccc(C)cc2)c1. The first-order valence-corrected chi connectivity index (χ1v) is 13.8. The van der Waals surface area contributed by atoms with E-state index in [0.29, 0.717) is 5.75 Å². The molecule has 0 saturated carbocycles. The molecule has 1 N–H and O–H groups in total. The number of ether oxygens (including phenoxy) is 1. The largest absolute Gasteiger partial charge is 0.497 e. The molecule has 0 aliphatic rings. The zero-order valence-corrected chi connectivity index (χ0v) is 23.2. The van der Waals surface area contributed by atoms with E-state index in [1.165, 1.54) is 24.1 Å². The number of nitrogens with one attached hydrogen (secondary N) is 1. The molecule has 0 saturated heterocycles. The van der Waals surface area contributed by atoms with Crippen LogP contribution in [-0.2, 0) is 26.2 Å². The van der Waals surface area contributed by atoms with Crippen LogP contribution in [-0.4, -0.2) is 50.9 Å². The van der Waals surface area contributed by atoms with Gasteiger partial charge in [-0.25, -0.2) is 8.42 Å². The Labute approximate surface area is 225 Å². The monoisotopic (exact) mass is 537 g/mol. The van der Waals surface area contributed by atoms with Crippen LogP contribution >= 0.6 is 0 Å². The van der Waals surface area contributed by atoms with Gasteiger partial charge in [0.05, 0.1) is 17.7 Å². The van der Waals surface area contributed by atoms with E-state index in [9.17, 15) is 18.0 Å². The maximum atomic E-state index is 13.9. The van der Waals surface area contributed by atoms with Gasteiger partial charge in [0.25, 0.3) is 10.0 Å². The minimum Gasteiger partial charge on any atom is -0.497 e. The first-order chi connectivity index (χ1) is 18.0. The van der Waals surface area contributed by atoms with Crippen molar-refractivity contribution in [2.24, 2.45) is 0 Å². The van der Waals surface area contributed by atoms with Gasteiger partial charge in [0.15, 0.2) is 0 Å². The standard InChI is InChI=1S/C29H35N3O5S/c1-21(2)30-29(34)23(4)31(19-24-10-7-6-8-11-24)28(33)20-32(25-12-9-13-26(18-25)37-5)38(35,36)27-16-14-22(3)15-17-27/h6-18,21,23H,19-20H2,1-5H3,(H,30,34)/t23-/m0/s1. The molecule has 8 nitrogen and oxygen atoms in total. The summed E-state index contributed by atoms with van der Waals surface area (Å²) in [6.07, 6.45) is 0. The molecule has 2 amide bonds. The van der Waals surface area contributed by atoms with Crippen LogP contribution < -0.4 is 14.4 Å². The number of methoxy groups -OCH3 is 1. The molecule has 0 aliphatic heterocycles. The van der Waals surface area contributed by atoms with Crippen molar-refractivity contribution in [1.29, 1.82) is 0 Å². The third kappa shape index (κ3) is 7.13. The van der Waals surface area contributed by atoms with Crippen LogP contribution in [0.25, 0.3) is 0 Å². The average molecular weight is 538 g/mol. The minimum atomic E-state index is -4.13. The lowest BCUT2D eigenvalue weighted by Crippen LogP contribution is -2.52. The molecule has 9 heteroatoms. The van der Waals surface area contributed by atoms with Crippen LogP contribution in [0.1, 0.15) is 31.9 Å². The van der Waals surface area contributed by atoms with E-state index < -0.39 is 28.5 Å². The van der Waals surface area contributed by atoms with Crippen molar-refractivity contribution >= 4 is 27.5 Å². The highest BCUT2D eigenvalue weighted by Gasteiger charge is 2.32. The van der Waals surface area contributed by atoms with E-state index in [1.54, 1.807) is 43.3 Å². The normalized spacial score (nSPS) is 12.1. The molecule has 3 aromatic carbocycles. The van der Waals surface area contributed by atoms with E-state index >= 15 is 0 Å². The summed E-state index contributed by atoms with van der Waals surface area (Å²) >= 11 is 0. The fraction of sp³-hybridized carbons (Fsp3) is 0.310.